The number of amides is 1. The van der Waals surface area contributed by atoms with E-state index in [-0.39, 0.29) is 16.3 Å². The molecule has 0 saturated carbocycles. The first-order valence-corrected chi connectivity index (χ1v) is 9.22. The molecule has 0 aromatic heterocycles. The highest BCUT2D eigenvalue weighted by Crippen LogP contribution is 2.27. The summed E-state index contributed by atoms with van der Waals surface area (Å²) >= 11 is 17.6. The van der Waals surface area contributed by atoms with Gasteiger partial charge in [0.05, 0.1) is 27.0 Å². The van der Waals surface area contributed by atoms with Crippen LogP contribution in [-0.4, -0.2) is 20.6 Å². The van der Waals surface area contributed by atoms with Gasteiger partial charge in [0.25, 0.3) is 5.91 Å². The molecule has 9 heteroatoms. The number of hydrogen-bond acceptors (Lipinski definition) is 3. The Balaban J connectivity index is 2.25. The fourth-order valence-corrected chi connectivity index (χ4v) is 2.81. The Bertz CT molecular complexity index is 870. The molecular weight excluding hydrogens is 383 g/mol. The summed E-state index contributed by atoms with van der Waals surface area (Å²) in [5, 5.41) is 3.49. The van der Waals surface area contributed by atoms with E-state index in [0.29, 0.717) is 15.7 Å². The van der Waals surface area contributed by atoms with Crippen LogP contribution in [0.25, 0.3) is 0 Å². The van der Waals surface area contributed by atoms with Crippen LogP contribution in [0.15, 0.2) is 36.4 Å². The summed E-state index contributed by atoms with van der Waals surface area (Å²) < 4.78 is 24.8. The molecule has 0 fully saturated rings. The summed E-state index contributed by atoms with van der Waals surface area (Å²) in [5.41, 5.74) is 0.805. The molecule has 1 amide bonds. The van der Waals surface area contributed by atoms with Crippen LogP contribution in [0.2, 0.25) is 15.1 Å². The van der Waals surface area contributed by atoms with Gasteiger partial charge >= 0.3 is 0 Å². The van der Waals surface area contributed by atoms with Gasteiger partial charge in [0, 0.05) is 11.3 Å². The quantitative estimate of drug-likeness (QED) is 0.814. The van der Waals surface area contributed by atoms with Gasteiger partial charge < -0.3 is 5.32 Å². The number of rotatable bonds is 4. The highest BCUT2D eigenvalue weighted by molar-refractivity contribution is 7.92. The van der Waals surface area contributed by atoms with Crippen molar-refractivity contribution in [3.05, 3.63) is 57.0 Å². The first-order chi connectivity index (χ1) is 10.7. The Kier molecular flexibility index (Phi) is 5.41. The number of benzene rings is 2. The molecule has 0 aliphatic rings. The van der Waals surface area contributed by atoms with Gasteiger partial charge in [-0.05, 0) is 36.4 Å². The minimum Gasteiger partial charge on any atom is -0.322 e. The molecule has 0 spiro atoms. The number of anilines is 2. The third-order valence-corrected chi connectivity index (χ3v) is 4.36. The lowest BCUT2D eigenvalue weighted by molar-refractivity contribution is 0.102. The number of halogens is 3. The van der Waals surface area contributed by atoms with Gasteiger partial charge in [-0.1, -0.05) is 34.8 Å². The second-order valence-corrected chi connectivity index (χ2v) is 7.62. The van der Waals surface area contributed by atoms with Crippen LogP contribution in [0.4, 0.5) is 11.4 Å². The van der Waals surface area contributed by atoms with E-state index in [1.54, 1.807) is 12.1 Å². The predicted octanol–water partition coefficient (Wildman–Crippen LogP) is 4.27. The maximum absolute atomic E-state index is 12.2. The van der Waals surface area contributed by atoms with E-state index in [2.05, 4.69) is 10.0 Å². The third-order valence-electron chi connectivity index (χ3n) is 2.70. The molecule has 5 nitrogen and oxygen atoms in total. The zero-order chi connectivity index (χ0) is 17.2. The van der Waals surface area contributed by atoms with Crippen LogP contribution in [-0.2, 0) is 10.0 Å². The Morgan fingerprint density at radius 3 is 2.22 bits per heavy atom. The lowest BCUT2D eigenvalue weighted by atomic mass is 10.2. The molecule has 2 N–H and O–H groups in total. The van der Waals surface area contributed by atoms with Crippen molar-refractivity contribution in [1.29, 1.82) is 0 Å². The average molecular weight is 394 g/mol. The van der Waals surface area contributed by atoms with Crippen molar-refractivity contribution in [2.75, 3.05) is 16.3 Å². The zero-order valence-electron chi connectivity index (χ0n) is 11.7. The first kappa shape index (κ1) is 17.9. The molecule has 23 heavy (non-hydrogen) atoms. The van der Waals surface area contributed by atoms with Crippen LogP contribution in [0, 0.1) is 0 Å². The van der Waals surface area contributed by atoms with Crippen LogP contribution in [0.3, 0.4) is 0 Å². The van der Waals surface area contributed by atoms with E-state index in [0.717, 1.165) is 6.26 Å². The van der Waals surface area contributed by atoms with Crippen molar-refractivity contribution in [2.45, 2.75) is 0 Å². The summed E-state index contributed by atoms with van der Waals surface area (Å²) in [6.45, 7) is 0. The van der Waals surface area contributed by atoms with Gasteiger partial charge in [0.15, 0.2) is 0 Å². The van der Waals surface area contributed by atoms with Crippen LogP contribution >= 0.6 is 34.8 Å². The highest BCUT2D eigenvalue weighted by atomic mass is 35.5. The molecule has 0 saturated heterocycles. The van der Waals surface area contributed by atoms with E-state index >= 15 is 0 Å². The Labute approximate surface area is 148 Å². The lowest BCUT2D eigenvalue weighted by Gasteiger charge is -2.10. The SMILES string of the molecule is CS(=O)(=O)Nc1cc(C(=O)Nc2ccc(Cl)c(Cl)c2)ccc1Cl. The largest absolute Gasteiger partial charge is 0.322 e. The summed E-state index contributed by atoms with van der Waals surface area (Å²) in [4.78, 5) is 12.2. The van der Waals surface area contributed by atoms with E-state index < -0.39 is 15.9 Å². The number of carbonyl (C=O) groups is 1. The van der Waals surface area contributed by atoms with Gasteiger partial charge in [-0.2, -0.15) is 0 Å². The number of carbonyl (C=O) groups excluding carboxylic acids is 1. The molecule has 0 aliphatic heterocycles. The maximum atomic E-state index is 12.2. The van der Waals surface area contributed by atoms with E-state index in [1.165, 1.54) is 24.3 Å². The molecule has 0 unspecified atom stereocenters. The monoisotopic (exact) mass is 392 g/mol. The lowest BCUT2D eigenvalue weighted by Crippen LogP contribution is -2.14. The van der Waals surface area contributed by atoms with Crippen molar-refractivity contribution in [3.63, 3.8) is 0 Å². The van der Waals surface area contributed by atoms with Crippen LogP contribution in [0.5, 0.6) is 0 Å². The van der Waals surface area contributed by atoms with E-state index in [4.69, 9.17) is 34.8 Å². The standard InChI is InChI=1S/C14H11Cl3N2O3S/c1-23(21,22)19-13-6-8(2-4-11(13)16)14(20)18-9-3-5-10(15)12(17)7-9/h2-7,19H,1H3,(H,18,20). The van der Waals surface area contributed by atoms with Gasteiger partial charge in [-0.15, -0.1) is 0 Å². The minimum atomic E-state index is -3.51. The molecule has 0 aliphatic carbocycles. The van der Waals surface area contributed by atoms with Crippen molar-refractivity contribution in [1.82, 2.24) is 0 Å². The molecule has 122 valence electrons. The molecule has 2 aromatic carbocycles. The fraction of sp³-hybridized carbons (Fsp3) is 0.0714. The van der Waals surface area contributed by atoms with Crippen molar-refractivity contribution in [3.8, 4) is 0 Å². The summed E-state index contributed by atoms with van der Waals surface area (Å²) in [5.74, 6) is -0.448. The van der Waals surface area contributed by atoms with Crippen LogP contribution < -0.4 is 10.0 Å². The summed E-state index contributed by atoms with van der Waals surface area (Å²) in [6, 6.07) is 8.90. The Morgan fingerprint density at radius 2 is 1.61 bits per heavy atom. The smallest absolute Gasteiger partial charge is 0.255 e. The summed E-state index contributed by atoms with van der Waals surface area (Å²) in [7, 11) is -3.51. The first-order valence-electron chi connectivity index (χ1n) is 6.19. The third kappa shape index (κ3) is 5.00. The molecule has 0 atom stereocenters. The summed E-state index contributed by atoms with van der Waals surface area (Å²) in [6.07, 6.45) is 0.992. The van der Waals surface area contributed by atoms with Crippen LogP contribution in [0.1, 0.15) is 10.4 Å². The molecule has 2 aromatic rings. The molecule has 0 heterocycles. The second-order valence-electron chi connectivity index (χ2n) is 4.65. The van der Waals surface area contributed by atoms with Gasteiger partial charge in [0.1, 0.15) is 0 Å². The number of hydrogen-bond donors (Lipinski definition) is 2. The number of nitrogens with one attached hydrogen (secondary N) is 2. The maximum Gasteiger partial charge on any atom is 0.255 e. The predicted molar refractivity (Wildman–Crippen MR) is 94.3 cm³/mol. The Morgan fingerprint density at radius 1 is 0.957 bits per heavy atom. The fourth-order valence-electron chi connectivity index (χ4n) is 1.72. The zero-order valence-corrected chi connectivity index (χ0v) is 14.8. The molecule has 0 bridgehead atoms. The molecular formula is C14H11Cl3N2O3S. The normalized spacial score (nSPS) is 11.1. The average Bonchev–Trinajstić information content (AvgIpc) is 2.44. The highest BCUT2D eigenvalue weighted by Gasteiger charge is 2.12. The van der Waals surface area contributed by atoms with Crippen molar-refractivity contribution in [2.24, 2.45) is 0 Å². The Hall–Kier alpha value is -1.47. The van der Waals surface area contributed by atoms with Crippen molar-refractivity contribution >= 4 is 62.1 Å². The minimum absolute atomic E-state index is 0.121. The van der Waals surface area contributed by atoms with E-state index in [1.807, 2.05) is 0 Å². The van der Waals surface area contributed by atoms with Crippen molar-refractivity contribution < 1.29 is 13.2 Å². The molecule has 0 radical (unpaired) electrons. The van der Waals surface area contributed by atoms with Gasteiger partial charge in [0.2, 0.25) is 10.0 Å². The topological polar surface area (TPSA) is 75.3 Å². The van der Waals surface area contributed by atoms with Gasteiger partial charge in [-0.25, -0.2) is 8.42 Å². The van der Waals surface area contributed by atoms with E-state index in [9.17, 15) is 13.2 Å². The number of sulfonamides is 1. The van der Waals surface area contributed by atoms with Gasteiger partial charge in [-0.3, -0.25) is 9.52 Å². The molecule has 2 rings (SSSR count). The second kappa shape index (κ2) is 6.97.